The molecule has 1 unspecified atom stereocenters. The third-order valence-electron chi connectivity index (χ3n) is 2.33. The van der Waals surface area contributed by atoms with Crippen molar-refractivity contribution in [3.63, 3.8) is 0 Å². The Morgan fingerprint density at radius 3 is 2.57 bits per heavy atom. The molecule has 84 valence electrons. The zero-order valence-corrected chi connectivity index (χ0v) is 9.55. The lowest BCUT2D eigenvalue weighted by Gasteiger charge is -2.24. The summed E-state index contributed by atoms with van der Waals surface area (Å²) in [6.45, 7) is 5.92. The molecule has 4 nitrogen and oxygen atoms in total. The Balaban J connectivity index is 3.79. The molecule has 0 spiro atoms. The van der Waals surface area contributed by atoms with Crippen LogP contribution in [0.25, 0.3) is 0 Å². The summed E-state index contributed by atoms with van der Waals surface area (Å²) in [5, 5.41) is 2.84. The van der Waals surface area contributed by atoms with E-state index in [2.05, 4.69) is 12.2 Å². The van der Waals surface area contributed by atoms with Crippen molar-refractivity contribution >= 4 is 5.91 Å². The van der Waals surface area contributed by atoms with E-state index in [0.717, 1.165) is 19.4 Å². The average Bonchev–Trinajstić information content (AvgIpc) is 2.16. The van der Waals surface area contributed by atoms with E-state index in [4.69, 9.17) is 5.73 Å². The molecule has 0 aromatic rings. The van der Waals surface area contributed by atoms with Crippen LogP contribution in [0.4, 0.5) is 0 Å². The highest BCUT2D eigenvalue weighted by Crippen LogP contribution is 1.98. The van der Waals surface area contributed by atoms with Gasteiger partial charge in [0.05, 0.1) is 6.54 Å². The summed E-state index contributed by atoms with van der Waals surface area (Å²) in [5.74, 6) is 0.0845. The van der Waals surface area contributed by atoms with Crippen LogP contribution in [0.1, 0.15) is 26.7 Å². The zero-order chi connectivity index (χ0) is 11.0. The first-order valence-electron chi connectivity index (χ1n) is 5.32. The quantitative estimate of drug-likeness (QED) is 0.618. The van der Waals surface area contributed by atoms with Gasteiger partial charge in [0.1, 0.15) is 0 Å². The second kappa shape index (κ2) is 7.76. The molecule has 0 saturated carbocycles. The predicted octanol–water partition coefficient (Wildman–Crippen LogP) is 0.182. The monoisotopic (exact) mass is 201 g/mol. The number of likely N-dealkylation sites (N-methyl/N-ethyl adjacent to an activating group) is 1. The van der Waals surface area contributed by atoms with E-state index in [9.17, 15) is 4.79 Å². The number of carbonyl (C=O) groups is 1. The van der Waals surface area contributed by atoms with Gasteiger partial charge < -0.3 is 11.1 Å². The molecule has 0 aromatic heterocycles. The fourth-order valence-electron chi connectivity index (χ4n) is 1.33. The highest BCUT2D eigenvalue weighted by Gasteiger charge is 2.13. The molecule has 0 aliphatic heterocycles. The van der Waals surface area contributed by atoms with Crippen LogP contribution in [0.5, 0.6) is 0 Å². The molecule has 0 radical (unpaired) electrons. The Bertz CT molecular complexity index is 157. The van der Waals surface area contributed by atoms with Crippen LogP contribution in [0.3, 0.4) is 0 Å². The van der Waals surface area contributed by atoms with Gasteiger partial charge in [-0.2, -0.15) is 0 Å². The molecule has 0 saturated heterocycles. The smallest absolute Gasteiger partial charge is 0.234 e. The number of nitrogens with one attached hydrogen (secondary N) is 1. The molecule has 3 N–H and O–H groups in total. The van der Waals surface area contributed by atoms with Crippen LogP contribution in [-0.2, 0) is 4.79 Å². The van der Waals surface area contributed by atoms with E-state index in [1.165, 1.54) is 0 Å². The van der Waals surface area contributed by atoms with Gasteiger partial charge in [0, 0.05) is 19.1 Å². The SMILES string of the molecule is CCCNC(=O)CN(C)C(CC)CN. The summed E-state index contributed by atoms with van der Waals surface area (Å²) in [5.41, 5.74) is 5.59. The molecule has 0 aliphatic carbocycles. The minimum Gasteiger partial charge on any atom is -0.355 e. The van der Waals surface area contributed by atoms with Crippen molar-refractivity contribution < 1.29 is 4.79 Å². The third kappa shape index (κ3) is 5.19. The van der Waals surface area contributed by atoms with Gasteiger partial charge in [-0.1, -0.05) is 13.8 Å². The number of hydrogen-bond acceptors (Lipinski definition) is 3. The Hall–Kier alpha value is -0.610. The van der Waals surface area contributed by atoms with Crippen molar-refractivity contribution in [2.24, 2.45) is 5.73 Å². The van der Waals surface area contributed by atoms with Crippen molar-refractivity contribution in [3.05, 3.63) is 0 Å². The second-order valence-electron chi connectivity index (χ2n) is 3.56. The summed E-state index contributed by atoms with van der Waals surface area (Å²) in [6, 6.07) is 0.308. The molecule has 4 heteroatoms. The molecule has 0 rings (SSSR count). The maximum absolute atomic E-state index is 11.4. The largest absolute Gasteiger partial charge is 0.355 e. The first kappa shape index (κ1) is 13.4. The number of rotatable bonds is 7. The molecule has 0 fully saturated rings. The van der Waals surface area contributed by atoms with Crippen molar-refractivity contribution in [2.75, 3.05) is 26.7 Å². The second-order valence-corrected chi connectivity index (χ2v) is 3.56. The van der Waals surface area contributed by atoms with Crippen LogP contribution in [0, 0.1) is 0 Å². The van der Waals surface area contributed by atoms with Gasteiger partial charge in [-0.15, -0.1) is 0 Å². The first-order chi connectivity index (χ1) is 6.65. The van der Waals surface area contributed by atoms with E-state index in [0.29, 0.717) is 19.1 Å². The highest BCUT2D eigenvalue weighted by molar-refractivity contribution is 5.77. The third-order valence-corrected chi connectivity index (χ3v) is 2.33. The van der Waals surface area contributed by atoms with Crippen LogP contribution >= 0.6 is 0 Å². The maximum Gasteiger partial charge on any atom is 0.234 e. The lowest BCUT2D eigenvalue weighted by atomic mass is 10.2. The standard InChI is InChI=1S/C10H23N3O/c1-4-6-12-10(14)8-13(3)9(5-2)7-11/h9H,4-8,11H2,1-3H3,(H,12,14). The number of nitrogens with two attached hydrogens (primary N) is 1. The Morgan fingerprint density at radius 1 is 1.50 bits per heavy atom. The molecule has 0 aliphatic rings. The van der Waals surface area contributed by atoms with Gasteiger partial charge in [0.2, 0.25) is 5.91 Å². The number of amides is 1. The molecule has 1 atom stereocenters. The van der Waals surface area contributed by atoms with E-state index < -0.39 is 0 Å². The summed E-state index contributed by atoms with van der Waals surface area (Å²) in [6.07, 6.45) is 1.96. The summed E-state index contributed by atoms with van der Waals surface area (Å²) >= 11 is 0. The number of hydrogen-bond donors (Lipinski definition) is 2. The normalized spacial score (nSPS) is 12.9. The molecule has 0 bridgehead atoms. The van der Waals surface area contributed by atoms with Crippen LogP contribution in [-0.4, -0.2) is 43.5 Å². The van der Waals surface area contributed by atoms with Crippen molar-refractivity contribution in [1.29, 1.82) is 0 Å². The fourth-order valence-corrected chi connectivity index (χ4v) is 1.33. The number of nitrogens with zero attached hydrogens (tertiary/aromatic N) is 1. The number of carbonyl (C=O) groups excluding carboxylic acids is 1. The summed E-state index contributed by atoms with van der Waals surface area (Å²) in [7, 11) is 1.94. The van der Waals surface area contributed by atoms with Gasteiger partial charge in [-0.3, -0.25) is 9.69 Å². The summed E-state index contributed by atoms with van der Waals surface area (Å²) < 4.78 is 0. The van der Waals surface area contributed by atoms with Gasteiger partial charge in [-0.25, -0.2) is 0 Å². The lowest BCUT2D eigenvalue weighted by molar-refractivity contribution is -0.122. The predicted molar refractivity (Wildman–Crippen MR) is 59.1 cm³/mol. The van der Waals surface area contributed by atoms with Crippen molar-refractivity contribution in [3.8, 4) is 0 Å². The van der Waals surface area contributed by atoms with Crippen LogP contribution in [0.15, 0.2) is 0 Å². The molecule has 0 aromatic carbocycles. The lowest BCUT2D eigenvalue weighted by Crippen LogP contribution is -2.43. The topological polar surface area (TPSA) is 58.4 Å². The zero-order valence-electron chi connectivity index (χ0n) is 9.55. The summed E-state index contributed by atoms with van der Waals surface area (Å²) in [4.78, 5) is 13.4. The molecular formula is C10H23N3O. The Kier molecular flexibility index (Phi) is 7.42. The Labute approximate surface area is 86.8 Å². The molecular weight excluding hydrogens is 178 g/mol. The van der Waals surface area contributed by atoms with Gasteiger partial charge in [-0.05, 0) is 19.9 Å². The average molecular weight is 201 g/mol. The molecule has 1 amide bonds. The maximum atomic E-state index is 11.4. The minimum atomic E-state index is 0.0845. The van der Waals surface area contributed by atoms with E-state index in [1.54, 1.807) is 0 Å². The van der Waals surface area contributed by atoms with E-state index >= 15 is 0 Å². The van der Waals surface area contributed by atoms with E-state index in [1.807, 2.05) is 18.9 Å². The van der Waals surface area contributed by atoms with Crippen molar-refractivity contribution in [2.45, 2.75) is 32.7 Å². The highest BCUT2D eigenvalue weighted by atomic mass is 16.2. The fraction of sp³-hybridized carbons (Fsp3) is 0.900. The minimum absolute atomic E-state index is 0.0845. The van der Waals surface area contributed by atoms with E-state index in [-0.39, 0.29) is 5.91 Å². The van der Waals surface area contributed by atoms with Crippen LogP contribution in [0.2, 0.25) is 0 Å². The van der Waals surface area contributed by atoms with Gasteiger partial charge in [0.25, 0.3) is 0 Å². The Morgan fingerprint density at radius 2 is 2.14 bits per heavy atom. The van der Waals surface area contributed by atoms with Gasteiger partial charge in [0.15, 0.2) is 0 Å². The van der Waals surface area contributed by atoms with Crippen LogP contribution < -0.4 is 11.1 Å². The molecule has 0 heterocycles. The molecule has 14 heavy (non-hydrogen) atoms. The van der Waals surface area contributed by atoms with Crippen molar-refractivity contribution in [1.82, 2.24) is 10.2 Å². The first-order valence-corrected chi connectivity index (χ1v) is 5.32. The van der Waals surface area contributed by atoms with Gasteiger partial charge >= 0.3 is 0 Å².